The number of rotatable bonds is 7. The Morgan fingerprint density at radius 1 is 1.12 bits per heavy atom. The van der Waals surface area contributed by atoms with Crippen molar-refractivity contribution in [2.45, 2.75) is 44.9 Å². The van der Waals surface area contributed by atoms with Crippen LogP contribution in [0, 0.1) is 5.92 Å². The molecule has 4 heteroatoms. The maximum Gasteiger partial charge on any atom is 0.224 e. The van der Waals surface area contributed by atoms with Crippen molar-refractivity contribution in [2.75, 3.05) is 38.0 Å². The third-order valence-corrected chi connectivity index (χ3v) is 5.39. The number of amides is 1. The van der Waals surface area contributed by atoms with Gasteiger partial charge in [-0.2, -0.15) is 0 Å². The van der Waals surface area contributed by atoms with E-state index in [1.54, 1.807) is 0 Å². The number of hydrogen-bond donors (Lipinski definition) is 2. The zero-order chi connectivity index (χ0) is 16.6. The van der Waals surface area contributed by atoms with E-state index < -0.39 is 0 Å². The Bertz CT molecular complexity index is 502. The summed E-state index contributed by atoms with van der Waals surface area (Å²) in [6.45, 7) is 5.87. The Balaban J connectivity index is 1.37. The molecular weight excluding hydrogens is 298 g/mol. The minimum Gasteiger partial charge on any atom is -0.326 e. The summed E-state index contributed by atoms with van der Waals surface area (Å²) in [4.78, 5) is 14.6. The molecule has 2 N–H and O–H groups in total. The quantitative estimate of drug-likeness (QED) is 0.808. The van der Waals surface area contributed by atoms with E-state index in [-0.39, 0.29) is 5.91 Å². The second-order valence-corrected chi connectivity index (χ2v) is 7.28. The third kappa shape index (κ3) is 5.60. The van der Waals surface area contributed by atoms with Gasteiger partial charge < -0.3 is 15.5 Å². The molecule has 1 aromatic rings. The first-order chi connectivity index (χ1) is 11.8. The molecule has 1 aromatic carbocycles. The highest BCUT2D eigenvalue weighted by Crippen LogP contribution is 2.18. The molecule has 0 aromatic heterocycles. The van der Waals surface area contributed by atoms with Crippen LogP contribution in [0.1, 0.15) is 44.1 Å². The first-order valence-corrected chi connectivity index (χ1v) is 9.61. The number of anilines is 1. The first kappa shape index (κ1) is 17.4. The lowest BCUT2D eigenvalue weighted by Gasteiger charge is -2.22. The van der Waals surface area contributed by atoms with Crippen molar-refractivity contribution in [1.82, 2.24) is 10.2 Å². The number of benzene rings is 1. The zero-order valence-electron chi connectivity index (χ0n) is 14.7. The van der Waals surface area contributed by atoms with Gasteiger partial charge in [-0.15, -0.1) is 0 Å². The van der Waals surface area contributed by atoms with E-state index in [9.17, 15) is 4.79 Å². The van der Waals surface area contributed by atoms with Crippen LogP contribution in [-0.4, -0.2) is 43.5 Å². The van der Waals surface area contributed by atoms with E-state index in [0.29, 0.717) is 12.3 Å². The SMILES string of the molecule is O=C(CCC1CCNCC1)Nc1ccc(CCN2CCCC2)cc1. The minimum atomic E-state index is 0.151. The van der Waals surface area contributed by atoms with Crippen LogP contribution in [0.5, 0.6) is 0 Å². The Morgan fingerprint density at radius 3 is 2.54 bits per heavy atom. The summed E-state index contributed by atoms with van der Waals surface area (Å²) in [5.41, 5.74) is 2.28. The number of nitrogens with zero attached hydrogens (tertiary/aromatic N) is 1. The summed E-state index contributed by atoms with van der Waals surface area (Å²) in [6, 6.07) is 8.39. The maximum atomic E-state index is 12.1. The number of carbonyl (C=O) groups excluding carboxylic acids is 1. The zero-order valence-corrected chi connectivity index (χ0v) is 14.7. The number of piperidine rings is 1. The Labute approximate surface area is 146 Å². The van der Waals surface area contributed by atoms with Crippen molar-refractivity contribution in [3.05, 3.63) is 29.8 Å². The molecule has 2 aliphatic heterocycles. The van der Waals surface area contributed by atoms with Gasteiger partial charge in [0.2, 0.25) is 5.91 Å². The molecule has 132 valence electrons. The van der Waals surface area contributed by atoms with E-state index in [4.69, 9.17) is 0 Å². The second kappa shape index (κ2) is 9.19. The fourth-order valence-corrected chi connectivity index (χ4v) is 3.78. The summed E-state index contributed by atoms with van der Waals surface area (Å²) < 4.78 is 0. The third-order valence-electron chi connectivity index (χ3n) is 5.39. The molecule has 4 nitrogen and oxygen atoms in total. The number of hydrogen-bond acceptors (Lipinski definition) is 3. The number of nitrogens with one attached hydrogen (secondary N) is 2. The van der Waals surface area contributed by atoms with E-state index in [1.165, 1.54) is 44.3 Å². The topological polar surface area (TPSA) is 44.4 Å². The van der Waals surface area contributed by atoms with Crippen LogP contribution in [0.3, 0.4) is 0 Å². The van der Waals surface area contributed by atoms with E-state index in [2.05, 4.69) is 27.7 Å². The molecule has 0 radical (unpaired) electrons. The molecule has 2 saturated heterocycles. The minimum absolute atomic E-state index is 0.151. The van der Waals surface area contributed by atoms with Gasteiger partial charge >= 0.3 is 0 Å². The average Bonchev–Trinajstić information content (AvgIpc) is 3.14. The van der Waals surface area contributed by atoms with Gasteiger partial charge in [0.25, 0.3) is 0 Å². The van der Waals surface area contributed by atoms with Gasteiger partial charge in [0.15, 0.2) is 0 Å². The smallest absolute Gasteiger partial charge is 0.224 e. The Kier molecular flexibility index (Phi) is 6.67. The monoisotopic (exact) mass is 329 g/mol. The van der Waals surface area contributed by atoms with Crippen LogP contribution < -0.4 is 10.6 Å². The highest BCUT2D eigenvalue weighted by molar-refractivity contribution is 5.90. The van der Waals surface area contributed by atoms with Crippen molar-refractivity contribution < 1.29 is 4.79 Å². The van der Waals surface area contributed by atoms with Gasteiger partial charge in [-0.25, -0.2) is 0 Å². The van der Waals surface area contributed by atoms with Crippen LogP contribution in [-0.2, 0) is 11.2 Å². The molecule has 0 atom stereocenters. The van der Waals surface area contributed by atoms with Gasteiger partial charge in [-0.3, -0.25) is 4.79 Å². The van der Waals surface area contributed by atoms with Crippen molar-refractivity contribution in [3.63, 3.8) is 0 Å². The fraction of sp³-hybridized carbons (Fsp3) is 0.650. The van der Waals surface area contributed by atoms with E-state index in [1.807, 2.05) is 12.1 Å². The van der Waals surface area contributed by atoms with Gasteiger partial charge in [0.1, 0.15) is 0 Å². The van der Waals surface area contributed by atoms with Crippen molar-refractivity contribution in [3.8, 4) is 0 Å². The summed E-state index contributed by atoms with van der Waals surface area (Å²) in [5.74, 6) is 0.864. The summed E-state index contributed by atoms with van der Waals surface area (Å²) >= 11 is 0. The highest BCUT2D eigenvalue weighted by Gasteiger charge is 2.14. The Hall–Kier alpha value is -1.39. The molecule has 2 heterocycles. The first-order valence-electron chi connectivity index (χ1n) is 9.61. The second-order valence-electron chi connectivity index (χ2n) is 7.28. The van der Waals surface area contributed by atoms with Gasteiger partial charge in [-0.1, -0.05) is 12.1 Å². The van der Waals surface area contributed by atoms with Crippen molar-refractivity contribution >= 4 is 11.6 Å². The van der Waals surface area contributed by atoms with Gasteiger partial charge in [0.05, 0.1) is 0 Å². The van der Waals surface area contributed by atoms with Crippen LogP contribution in [0.2, 0.25) is 0 Å². The normalized spacial score (nSPS) is 19.5. The molecule has 0 bridgehead atoms. The standard InChI is InChI=1S/C20H31N3O/c24-20(8-5-18-9-12-21-13-10-18)22-19-6-3-17(4-7-19)11-16-23-14-1-2-15-23/h3-4,6-7,18,21H,1-2,5,8-16H2,(H,22,24). The maximum absolute atomic E-state index is 12.1. The molecular formula is C20H31N3O. The summed E-state index contributed by atoms with van der Waals surface area (Å²) in [5, 5.41) is 6.41. The predicted octanol–water partition coefficient (Wildman–Crippen LogP) is 3.04. The van der Waals surface area contributed by atoms with Crippen LogP contribution in [0.4, 0.5) is 5.69 Å². The summed E-state index contributed by atoms with van der Waals surface area (Å²) in [7, 11) is 0. The van der Waals surface area contributed by atoms with Crippen LogP contribution in [0.25, 0.3) is 0 Å². The van der Waals surface area contributed by atoms with E-state index in [0.717, 1.165) is 38.2 Å². The lowest BCUT2D eigenvalue weighted by Crippen LogP contribution is -2.28. The molecule has 24 heavy (non-hydrogen) atoms. The van der Waals surface area contributed by atoms with E-state index >= 15 is 0 Å². The molecule has 0 spiro atoms. The lowest BCUT2D eigenvalue weighted by molar-refractivity contribution is -0.116. The number of likely N-dealkylation sites (tertiary alicyclic amines) is 1. The molecule has 3 rings (SSSR count). The molecule has 2 fully saturated rings. The molecule has 0 saturated carbocycles. The largest absolute Gasteiger partial charge is 0.326 e. The van der Waals surface area contributed by atoms with Crippen molar-refractivity contribution in [2.24, 2.45) is 5.92 Å². The Morgan fingerprint density at radius 2 is 1.83 bits per heavy atom. The molecule has 0 unspecified atom stereocenters. The van der Waals surface area contributed by atoms with Gasteiger partial charge in [-0.05, 0) is 88.3 Å². The van der Waals surface area contributed by atoms with Gasteiger partial charge in [0, 0.05) is 18.7 Å². The fourth-order valence-electron chi connectivity index (χ4n) is 3.78. The molecule has 1 amide bonds. The van der Waals surface area contributed by atoms with Crippen molar-refractivity contribution in [1.29, 1.82) is 0 Å². The van der Waals surface area contributed by atoms with Crippen LogP contribution in [0.15, 0.2) is 24.3 Å². The highest BCUT2D eigenvalue weighted by atomic mass is 16.1. The molecule has 0 aliphatic carbocycles. The number of carbonyl (C=O) groups is 1. The summed E-state index contributed by atoms with van der Waals surface area (Å²) in [6.07, 6.45) is 7.87. The van der Waals surface area contributed by atoms with Crippen LogP contribution >= 0.6 is 0 Å². The average molecular weight is 329 g/mol. The lowest BCUT2D eigenvalue weighted by atomic mass is 9.93. The molecule has 2 aliphatic rings. The predicted molar refractivity (Wildman–Crippen MR) is 99.3 cm³/mol.